The maximum atomic E-state index is 13.0. The van der Waals surface area contributed by atoms with E-state index < -0.39 is 41.4 Å². The van der Waals surface area contributed by atoms with Crippen molar-refractivity contribution in [2.24, 2.45) is 0 Å². The Hall–Kier alpha value is -1.81. The van der Waals surface area contributed by atoms with Crippen molar-refractivity contribution < 1.29 is 27.4 Å². The number of ether oxygens (including phenoxy) is 3. The van der Waals surface area contributed by atoms with Gasteiger partial charge in [0.05, 0.1) is 6.10 Å². The zero-order chi connectivity index (χ0) is 21.8. The molecule has 0 amide bonds. The number of aromatic amines is 1. The van der Waals surface area contributed by atoms with E-state index in [2.05, 4.69) is 5.92 Å². The lowest BCUT2D eigenvalue weighted by Gasteiger charge is -2.19. The molecular weight excluding hydrogens is 433 g/mol. The van der Waals surface area contributed by atoms with Crippen LogP contribution in [0.2, 0.25) is 0 Å². The predicted molar refractivity (Wildman–Crippen MR) is 105 cm³/mol. The Morgan fingerprint density at radius 3 is 2.79 bits per heavy atom. The molecule has 1 aliphatic heterocycles. The molecule has 3 atom stereocenters. The molecule has 1 aromatic heterocycles. The first-order valence-corrected chi connectivity index (χ1v) is 9.78. The standard InChI is InChI=1S/C17H19F3N2O5S2/c1-4-5-25-11-6-13(27-12(11)8-26-16(28)29-9(2)3)22-7-10(17(18,19)20)14(23)21-15(22)24/h1,7,9,11-13H,5-6,8H2,2-3H3,(H,21,23,24)/t11-,12+,13+/m0/s1. The first-order chi connectivity index (χ1) is 13.5. The molecule has 7 nitrogen and oxygen atoms in total. The normalized spacial score (nSPS) is 21.9. The van der Waals surface area contributed by atoms with Crippen LogP contribution in [0.15, 0.2) is 15.8 Å². The fraction of sp³-hybridized carbons (Fsp3) is 0.588. The van der Waals surface area contributed by atoms with Gasteiger partial charge in [0.25, 0.3) is 5.56 Å². The van der Waals surface area contributed by atoms with E-state index in [1.54, 1.807) is 4.98 Å². The van der Waals surface area contributed by atoms with Gasteiger partial charge in [-0.3, -0.25) is 14.3 Å². The Balaban J connectivity index is 2.22. The third-order valence-corrected chi connectivity index (χ3v) is 5.03. The summed E-state index contributed by atoms with van der Waals surface area (Å²) in [5, 5.41) is 0.203. The maximum absolute atomic E-state index is 13.0. The first-order valence-electron chi connectivity index (χ1n) is 8.49. The number of rotatable bonds is 6. The minimum atomic E-state index is -4.93. The molecule has 1 aromatic rings. The van der Waals surface area contributed by atoms with Crippen LogP contribution in [0, 0.1) is 12.3 Å². The molecule has 0 aromatic carbocycles. The average Bonchev–Trinajstić information content (AvgIpc) is 2.99. The minimum Gasteiger partial charge on any atom is -0.476 e. The Kier molecular flexibility index (Phi) is 7.93. The average molecular weight is 452 g/mol. The van der Waals surface area contributed by atoms with Gasteiger partial charge in [-0.25, -0.2) is 4.79 Å². The van der Waals surface area contributed by atoms with Crippen LogP contribution in [-0.2, 0) is 20.4 Å². The fourth-order valence-electron chi connectivity index (χ4n) is 2.63. The molecule has 0 unspecified atom stereocenters. The van der Waals surface area contributed by atoms with Gasteiger partial charge in [-0.15, -0.1) is 6.42 Å². The molecule has 0 aliphatic carbocycles. The number of nitrogens with zero attached hydrogens (tertiary/aromatic N) is 1. The maximum Gasteiger partial charge on any atom is 0.423 e. The Morgan fingerprint density at radius 2 is 2.21 bits per heavy atom. The number of terminal acetylenes is 1. The van der Waals surface area contributed by atoms with Crippen molar-refractivity contribution in [2.45, 2.75) is 50.1 Å². The summed E-state index contributed by atoms with van der Waals surface area (Å²) in [6.07, 6.45) is -1.75. The van der Waals surface area contributed by atoms with E-state index >= 15 is 0 Å². The Labute approximate surface area is 173 Å². The molecule has 0 saturated carbocycles. The summed E-state index contributed by atoms with van der Waals surface area (Å²) in [6, 6.07) is 0. The summed E-state index contributed by atoms with van der Waals surface area (Å²) in [5.74, 6) is 2.30. The van der Waals surface area contributed by atoms with Crippen LogP contribution in [0.3, 0.4) is 0 Å². The molecular formula is C17H19F3N2O5S2. The van der Waals surface area contributed by atoms with Crippen molar-refractivity contribution in [3.8, 4) is 12.3 Å². The highest BCUT2D eigenvalue weighted by Crippen LogP contribution is 2.32. The highest BCUT2D eigenvalue weighted by atomic mass is 32.2. The summed E-state index contributed by atoms with van der Waals surface area (Å²) in [4.78, 5) is 25.2. The molecule has 1 fully saturated rings. The number of hydrogen-bond donors (Lipinski definition) is 1. The minimum absolute atomic E-state index is 0.0308. The molecule has 1 saturated heterocycles. The number of halogens is 3. The lowest BCUT2D eigenvalue weighted by atomic mass is 10.2. The Bertz CT molecular complexity index is 891. The van der Waals surface area contributed by atoms with Gasteiger partial charge in [0.2, 0.25) is 4.38 Å². The lowest BCUT2D eigenvalue weighted by molar-refractivity contribution is -0.139. The van der Waals surface area contributed by atoms with Gasteiger partial charge in [0.15, 0.2) is 0 Å². The van der Waals surface area contributed by atoms with Crippen LogP contribution in [0.4, 0.5) is 13.2 Å². The van der Waals surface area contributed by atoms with Gasteiger partial charge >= 0.3 is 11.9 Å². The monoisotopic (exact) mass is 452 g/mol. The lowest BCUT2D eigenvalue weighted by Crippen LogP contribution is -2.36. The van der Waals surface area contributed by atoms with E-state index in [0.717, 1.165) is 0 Å². The van der Waals surface area contributed by atoms with Crippen LogP contribution >= 0.6 is 24.0 Å². The quantitative estimate of drug-likeness (QED) is 0.524. The number of aromatic nitrogens is 2. The molecule has 0 spiro atoms. The van der Waals surface area contributed by atoms with Crippen LogP contribution < -0.4 is 11.2 Å². The van der Waals surface area contributed by atoms with Crippen LogP contribution in [0.1, 0.15) is 32.1 Å². The summed E-state index contributed by atoms with van der Waals surface area (Å²) in [7, 11) is 0. The SMILES string of the molecule is C#CCO[C@H]1C[C@H](n2cc(C(F)(F)F)c(=O)[nH]c2=O)O[C@@H]1COC(=S)SC(C)C. The predicted octanol–water partition coefficient (Wildman–Crippen LogP) is 2.30. The second-order valence-corrected chi connectivity index (χ2v) is 8.53. The van der Waals surface area contributed by atoms with Crippen LogP contribution in [-0.4, -0.2) is 44.6 Å². The summed E-state index contributed by atoms with van der Waals surface area (Å²) in [6.45, 7) is 3.77. The number of nitrogens with one attached hydrogen (secondary N) is 1. The number of alkyl halides is 3. The Morgan fingerprint density at radius 1 is 1.52 bits per heavy atom. The number of H-pyrrole nitrogens is 1. The molecule has 29 heavy (non-hydrogen) atoms. The molecule has 160 valence electrons. The van der Waals surface area contributed by atoms with Crippen molar-refractivity contribution in [1.82, 2.24) is 9.55 Å². The molecule has 0 bridgehead atoms. The van der Waals surface area contributed by atoms with E-state index in [9.17, 15) is 22.8 Å². The molecule has 1 N–H and O–H groups in total. The van der Waals surface area contributed by atoms with Gasteiger partial charge in [-0.1, -0.05) is 31.5 Å². The number of hydrogen-bond acceptors (Lipinski definition) is 7. The smallest absolute Gasteiger partial charge is 0.423 e. The van der Waals surface area contributed by atoms with Crippen molar-refractivity contribution in [3.05, 3.63) is 32.6 Å². The zero-order valence-corrected chi connectivity index (χ0v) is 17.2. The van der Waals surface area contributed by atoms with Crippen molar-refractivity contribution in [3.63, 3.8) is 0 Å². The first kappa shape index (κ1) is 23.5. The van der Waals surface area contributed by atoms with Gasteiger partial charge in [0.1, 0.15) is 31.1 Å². The van der Waals surface area contributed by atoms with Crippen LogP contribution in [0.5, 0.6) is 0 Å². The van der Waals surface area contributed by atoms with Crippen molar-refractivity contribution in [1.29, 1.82) is 0 Å². The van der Waals surface area contributed by atoms with Gasteiger partial charge in [-0.05, 0) is 12.2 Å². The topological polar surface area (TPSA) is 82.6 Å². The second kappa shape index (κ2) is 9.80. The third kappa shape index (κ3) is 6.33. The molecule has 12 heteroatoms. The van der Waals surface area contributed by atoms with Crippen molar-refractivity contribution >= 4 is 28.4 Å². The molecule has 2 rings (SSSR count). The molecule has 2 heterocycles. The summed E-state index contributed by atoms with van der Waals surface area (Å²) in [5.41, 5.74) is -4.06. The highest BCUT2D eigenvalue weighted by Gasteiger charge is 2.40. The van der Waals surface area contributed by atoms with Gasteiger partial charge in [0, 0.05) is 17.9 Å². The number of thioether (sulfide) groups is 1. The van der Waals surface area contributed by atoms with E-state index in [1.165, 1.54) is 11.8 Å². The van der Waals surface area contributed by atoms with E-state index in [4.69, 9.17) is 32.9 Å². The second-order valence-electron chi connectivity index (χ2n) is 6.35. The highest BCUT2D eigenvalue weighted by molar-refractivity contribution is 8.22. The van der Waals surface area contributed by atoms with Crippen molar-refractivity contribution in [2.75, 3.05) is 13.2 Å². The molecule has 0 radical (unpaired) electrons. The summed E-state index contributed by atoms with van der Waals surface area (Å²) < 4.78 is 56.7. The van der Waals surface area contributed by atoms with Gasteiger partial charge < -0.3 is 14.2 Å². The number of thiocarbonyl (C=S) groups is 1. The largest absolute Gasteiger partial charge is 0.476 e. The third-order valence-electron chi connectivity index (χ3n) is 3.84. The fourth-order valence-corrected chi connectivity index (χ4v) is 3.80. The van der Waals surface area contributed by atoms with Gasteiger partial charge in [-0.2, -0.15) is 13.2 Å². The van der Waals surface area contributed by atoms with Crippen LogP contribution in [0.25, 0.3) is 0 Å². The van der Waals surface area contributed by atoms with E-state index in [-0.39, 0.29) is 29.3 Å². The summed E-state index contributed by atoms with van der Waals surface area (Å²) >= 11 is 6.42. The molecule has 1 aliphatic rings. The van der Waals surface area contributed by atoms with E-state index in [1.807, 2.05) is 13.8 Å². The van der Waals surface area contributed by atoms with E-state index in [0.29, 0.717) is 10.8 Å². The zero-order valence-electron chi connectivity index (χ0n) is 15.5.